The topological polar surface area (TPSA) is 74.0 Å². The van der Waals surface area contributed by atoms with E-state index >= 15 is 0 Å². The highest BCUT2D eigenvalue weighted by Crippen LogP contribution is 2.04. The van der Waals surface area contributed by atoms with Gasteiger partial charge in [0.15, 0.2) is 0 Å². The lowest BCUT2D eigenvalue weighted by molar-refractivity contribution is -0.124. The number of nitrogens with one attached hydrogen (secondary N) is 3. The molecular formula is C10H13N3O2. The molecule has 2 heterocycles. The fourth-order valence-electron chi connectivity index (χ4n) is 1.62. The van der Waals surface area contributed by atoms with Crippen molar-refractivity contribution >= 4 is 11.8 Å². The summed E-state index contributed by atoms with van der Waals surface area (Å²) in [5, 5.41) is 5.41. The molecule has 3 N–H and O–H groups in total. The van der Waals surface area contributed by atoms with Gasteiger partial charge in [-0.05, 0) is 25.0 Å². The Morgan fingerprint density at radius 3 is 3.07 bits per heavy atom. The van der Waals surface area contributed by atoms with Crippen molar-refractivity contribution in [1.29, 1.82) is 0 Å². The maximum absolute atomic E-state index is 11.6. The minimum Gasteiger partial charge on any atom is -0.357 e. The van der Waals surface area contributed by atoms with Gasteiger partial charge in [-0.3, -0.25) is 9.59 Å². The molecule has 5 heteroatoms. The highest BCUT2D eigenvalue weighted by atomic mass is 16.2. The molecule has 0 aliphatic carbocycles. The van der Waals surface area contributed by atoms with Crippen LogP contribution >= 0.6 is 0 Å². The fourth-order valence-corrected chi connectivity index (χ4v) is 1.62. The van der Waals surface area contributed by atoms with E-state index in [1.807, 2.05) is 0 Å². The smallest absolute Gasteiger partial charge is 0.268 e. The minimum absolute atomic E-state index is 0.0962. The van der Waals surface area contributed by atoms with Crippen LogP contribution in [0.5, 0.6) is 0 Å². The summed E-state index contributed by atoms with van der Waals surface area (Å²) >= 11 is 0. The monoisotopic (exact) mass is 207 g/mol. The molecule has 0 saturated carbocycles. The highest BCUT2D eigenvalue weighted by Gasteiger charge is 2.23. The first kappa shape index (κ1) is 9.76. The summed E-state index contributed by atoms with van der Waals surface area (Å²) in [4.78, 5) is 25.8. The summed E-state index contributed by atoms with van der Waals surface area (Å²) in [5.74, 6) is -0.330. The Bertz CT molecular complexity index is 359. The molecule has 1 aliphatic heterocycles. The van der Waals surface area contributed by atoms with Gasteiger partial charge in [-0.15, -0.1) is 0 Å². The van der Waals surface area contributed by atoms with Crippen molar-refractivity contribution < 1.29 is 9.59 Å². The van der Waals surface area contributed by atoms with Crippen LogP contribution < -0.4 is 10.6 Å². The van der Waals surface area contributed by atoms with Crippen molar-refractivity contribution in [2.75, 3.05) is 6.54 Å². The molecule has 2 rings (SSSR count). The molecule has 1 aromatic rings. The predicted octanol–water partition coefficient (Wildman–Crippen LogP) is 0.0231. The first-order valence-electron chi connectivity index (χ1n) is 4.99. The van der Waals surface area contributed by atoms with Crippen molar-refractivity contribution in [2.45, 2.75) is 18.9 Å². The number of amides is 2. The second kappa shape index (κ2) is 4.16. The van der Waals surface area contributed by atoms with Crippen LogP contribution in [-0.2, 0) is 4.79 Å². The zero-order chi connectivity index (χ0) is 10.7. The number of H-pyrrole nitrogens is 1. The van der Waals surface area contributed by atoms with E-state index < -0.39 is 6.04 Å². The maximum atomic E-state index is 11.6. The van der Waals surface area contributed by atoms with E-state index in [1.165, 1.54) is 0 Å². The van der Waals surface area contributed by atoms with E-state index in [2.05, 4.69) is 15.6 Å². The van der Waals surface area contributed by atoms with E-state index in [-0.39, 0.29) is 11.8 Å². The van der Waals surface area contributed by atoms with Gasteiger partial charge in [-0.2, -0.15) is 0 Å². The molecule has 80 valence electrons. The van der Waals surface area contributed by atoms with Gasteiger partial charge in [0.1, 0.15) is 11.7 Å². The largest absolute Gasteiger partial charge is 0.357 e. The van der Waals surface area contributed by atoms with Crippen LogP contribution in [0.1, 0.15) is 23.3 Å². The summed E-state index contributed by atoms with van der Waals surface area (Å²) in [7, 11) is 0. The lowest BCUT2D eigenvalue weighted by Crippen LogP contribution is -2.50. The first-order chi connectivity index (χ1) is 7.27. The fraction of sp³-hybridized carbons (Fsp3) is 0.400. The third-order valence-electron chi connectivity index (χ3n) is 2.43. The second-order valence-electron chi connectivity index (χ2n) is 3.54. The van der Waals surface area contributed by atoms with Gasteiger partial charge in [0, 0.05) is 12.7 Å². The van der Waals surface area contributed by atoms with Crippen LogP contribution in [0.4, 0.5) is 0 Å². The summed E-state index contributed by atoms with van der Waals surface area (Å²) in [6.45, 7) is 0.702. The molecule has 0 radical (unpaired) electrons. The van der Waals surface area contributed by atoms with Crippen LogP contribution in [0, 0.1) is 0 Å². The summed E-state index contributed by atoms with van der Waals surface area (Å²) in [5.41, 5.74) is 0.480. The van der Waals surface area contributed by atoms with Gasteiger partial charge < -0.3 is 15.6 Å². The van der Waals surface area contributed by atoms with Crippen molar-refractivity contribution in [2.24, 2.45) is 0 Å². The number of aromatic amines is 1. The Morgan fingerprint density at radius 1 is 1.53 bits per heavy atom. The van der Waals surface area contributed by atoms with Gasteiger partial charge in [0.25, 0.3) is 5.91 Å². The third-order valence-corrected chi connectivity index (χ3v) is 2.43. The van der Waals surface area contributed by atoms with E-state index in [0.717, 1.165) is 6.42 Å². The molecule has 1 unspecified atom stereocenters. The molecule has 0 aromatic carbocycles. The average Bonchev–Trinajstić information content (AvgIpc) is 2.74. The van der Waals surface area contributed by atoms with E-state index in [9.17, 15) is 9.59 Å². The molecule has 1 atom stereocenters. The van der Waals surface area contributed by atoms with Crippen molar-refractivity contribution in [3.8, 4) is 0 Å². The minimum atomic E-state index is -0.394. The molecule has 1 aromatic heterocycles. The maximum Gasteiger partial charge on any atom is 0.268 e. The Kier molecular flexibility index (Phi) is 2.71. The van der Waals surface area contributed by atoms with Crippen LogP contribution in [-0.4, -0.2) is 29.4 Å². The Morgan fingerprint density at radius 2 is 2.40 bits per heavy atom. The number of carbonyl (C=O) groups excluding carboxylic acids is 2. The highest BCUT2D eigenvalue weighted by molar-refractivity contribution is 5.96. The van der Waals surface area contributed by atoms with E-state index in [4.69, 9.17) is 0 Å². The molecule has 0 bridgehead atoms. The summed E-state index contributed by atoms with van der Waals surface area (Å²) in [6.07, 6.45) is 3.29. The zero-order valence-electron chi connectivity index (χ0n) is 8.25. The lowest BCUT2D eigenvalue weighted by atomic mass is 10.1. The van der Waals surface area contributed by atoms with Gasteiger partial charge in [-0.1, -0.05) is 0 Å². The van der Waals surface area contributed by atoms with Gasteiger partial charge in [0.2, 0.25) is 5.91 Å². The normalized spacial score (nSPS) is 20.8. The standard InChI is InChI=1S/C10H13N3O2/c14-9-8(4-2-6-12-9)13-10(15)7-3-1-5-11-7/h1,3,5,8,11H,2,4,6H2,(H,12,14)(H,13,15). The molecule has 5 nitrogen and oxygen atoms in total. The van der Waals surface area contributed by atoms with E-state index in [1.54, 1.807) is 18.3 Å². The molecular weight excluding hydrogens is 194 g/mol. The molecule has 2 amide bonds. The van der Waals surface area contributed by atoms with Gasteiger partial charge >= 0.3 is 0 Å². The van der Waals surface area contributed by atoms with Crippen molar-refractivity contribution in [1.82, 2.24) is 15.6 Å². The summed E-state index contributed by atoms with van der Waals surface area (Å²) in [6, 6.07) is 3.03. The lowest BCUT2D eigenvalue weighted by Gasteiger charge is -2.22. The predicted molar refractivity (Wildman–Crippen MR) is 54.3 cm³/mol. The Balaban J connectivity index is 1.96. The SMILES string of the molecule is O=C(NC1CCCNC1=O)c1ccc[nH]1. The summed E-state index contributed by atoms with van der Waals surface area (Å²) < 4.78 is 0. The molecule has 1 saturated heterocycles. The quantitative estimate of drug-likeness (QED) is 0.639. The number of rotatable bonds is 2. The van der Waals surface area contributed by atoms with E-state index in [0.29, 0.717) is 18.7 Å². The van der Waals surface area contributed by atoms with Gasteiger partial charge in [0.05, 0.1) is 0 Å². The number of hydrogen-bond acceptors (Lipinski definition) is 2. The van der Waals surface area contributed by atoms with Crippen LogP contribution in [0.15, 0.2) is 18.3 Å². The number of aromatic nitrogens is 1. The van der Waals surface area contributed by atoms with Crippen molar-refractivity contribution in [3.05, 3.63) is 24.0 Å². The molecule has 1 fully saturated rings. The second-order valence-corrected chi connectivity index (χ2v) is 3.54. The van der Waals surface area contributed by atoms with Crippen molar-refractivity contribution in [3.63, 3.8) is 0 Å². The Labute approximate surface area is 87.2 Å². The molecule has 15 heavy (non-hydrogen) atoms. The van der Waals surface area contributed by atoms with Crippen LogP contribution in [0.25, 0.3) is 0 Å². The number of piperidine rings is 1. The molecule has 1 aliphatic rings. The number of hydrogen-bond donors (Lipinski definition) is 3. The third kappa shape index (κ3) is 2.18. The molecule has 0 spiro atoms. The van der Waals surface area contributed by atoms with Crippen LogP contribution in [0.3, 0.4) is 0 Å². The van der Waals surface area contributed by atoms with Gasteiger partial charge in [-0.25, -0.2) is 0 Å². The first-order valence-corrected chi connectivity index (χ1v) is 4.99. The Hall–Kier alpha value is -1.78. The van der Waals surface area contributed by atoms with Crippen LogP contribution in [0.2, 0.25) is 0 Å². The average molecular weight is 207 g/mol. The zero-order valence-corrected chi connectivity index (χ0v) is 8.25. The number of carbonyl (C=O) groups is 2.